The van der Waals surface area contributed by atoms with Gasteiger partial charge in [0.25, 0.3) is 0 Å². The van der Waals surface area contributed by atoms with E-state index in [1.54, 1.807) is 11.3 Å². The van der Waals surface area contributed by atoms with Crippen LogP contribution in [-0.4, -0.2) is 12.6 Å². The lowest BCUT2D eigenvalue weighted by atomic mass is 10.1. The van der Waals surface area contributed by atoms with E-state index in [4.69, 9.17) is 11.6 Å². The van der Waals surface area contributed by atoms with Gasteiger partial charge in [-0.05, 0) is 24.6 Å². The van der Waals surface area contributed by atoms with E-state index >= 15 is 0 Å². The second kappa shape index (κ2) is 6.31. The molecule has 0 atom stereocenters. The Kier molecular flexibility index (Phi) is 5.37. The topological polar surface area (TPSA) is 12.0 Å². The van der Waals surface area contributed by atoms with Gasteiger partial charge in [-0.15, -0.1) is 11.3 Å². The summed E-state index contributed by atoms with van der Waals surface area (Å²) in [6.45, 7) is 7.47. The van der Waals surface area contributed by atoms with Gasteiger partial charge in [-0.3, -0.25) is 0 Å². The van der Waals surface area contributed by atoms with Gasteiger partial charge >= 0.3 is 0 Å². The van der Waals surface area contributed by atoms with Crippen molar-refractivity contribution < 1.29 is 0 Å². The average molecular weight is 244 g/mol. The van der Waals surface area contributed by atoms with E-state index < -0.39 is 0 Å². The molecule has 1 heterocycles. The molecule has 1 rings (SSSR count). The molecule has 0 unspecified atom stereocenters. The molecule has 0 aliphatic rings. The minimum atomic E-state index is 0.534. The molecular weight excluding hydrogens is 226 g/mol. The van der Waals surface area contributed by atoms with Crippen molar-refractivity contribution in [2.75, 3.05) is 6.54 Å². The third-order valence-corrected chi connectivity index (χ3v) is 3.31. The van der Waals surface area contributed by atoms with Crippen LogP contribution in [0.25, 0.3) is 6.08 Å². The zero-order valence-electron chi connectivity index (χ0n) is 9.51. The lowest BCUT2D eigenvalue weighted by Crippen LogP contribution is -2.24. The summed E-state index contributed by atoms with van der Waals surface area (Å²) in [4.78, 5) is 1.24. The highest BCUT2D eigenvalue weighted by Crippen LogP contribution is 2.23. The first kappa shape index (κ1) is 12.8. The predicted octanol–water partition coefficient (Wildman–Crippen LogP) is 4.19. The van der Waals surface area contributed by atoms with E-state index in [9.17, 15) is 0 Å². The summed E-state index contributed by atoms with van der Waals surface area (Å²) >= 11 is 7.52. The number of nitrogens with one attached hydrogen (secondary N) is 1. The highest BCUT2D eigenvalue weighted by molar-refractivity contribution is 7.17. The maximum Gasteiger partial charge on any atom is 0.0934 e. The number of hydrogen-bond acceptors (Lipinski definition) is 2. The van der Waals surface area contributed by atoms with Crippen LogP contribution in [0, 0.1) is 0 Å². The van der Waals surface area contributed by atoms with E-state index in [0.717, 1.165) is 17.3 Å². The molecule has 0 amide bonds. The van der Waals surface area contributed by atoms with Crippen LogP contribution in [0.4, 0.5) is 0 Å². The summed E-state index contributed by atoms with van der Waals surface area (Å²) in [5.74, 6) is 0. The van der Waals surface area contributed by atoms with Crippen LogP contribution in [-0.2, 0) is 0 Å². The zero-order chi connectivity index (χ0) is 11.3. The van der Waals surface area contributed by atoms with Gasteiger partial charge in [-0.2, -0.15) is 0 Å². The lowest BCUT2D eigenvalue weighted by Gasteiger charge is -2.09. The average Bonchev–Trinajstić information content (AvgIpc) is 2.58. The minimum Gasteiger partial charge on any atom is -0.311 e. The van der Waals surface area contributed by atoms with Gasteiger partial charge in [0.1, 0.15) is 0 Å². The normalized spacial score (nSPS) is 12.5. The molecule has 0 bridgehead atoms. The molecule has 1 aromatic heterocycles. The summed E-state index contributed by atoms with van der Waals surface area (Å²) in [5, 5.41) is 3.43. The molecule has 84 valence electrons. The quantitative estimate of drug-likeness (QED) is 0.818. The first-order valence-electron chi connectivity index (χ1n) is 5.30. The van der Waals surface area contributed by atoms with Crippen LogP contribution in [0.15, 0.2) is 17.7 Å². The smallest absolute Gasteiger partial charge is 0.0934 e. The van der Waals surface area contributed by atoms with Crippen LogP contribution < -0.4 is 5.32 Å². The van der Waals surface area contributed by atoms with E-state index in [-0.39, 0.29) is 0 Å². The molecule has 0 radical (unpaired) electrons. The Balaban J connectivity index is 2.61. The summed E-state index contributed by atoms with van der Waals surface area (Å²) in [6, 6.07) is 4.55. The van der Waals surface area contributed by atoms with E-state index in [1.165, 1.54) is 10.5 Å². The van der Waals surface area contributed by atoms with E-state index in [2.05, 4.69) is 38.2 Å². The molecule has 3 heteroatoms. The number of halogens is 1. The molecule has 0 saturated heterocycles. The van der Waals surface area contributed by atoms with Crippen molar-refractivity contribution in [2.24, 2.45) is 0 Å². The summed E-state index contributed by atoms with van der Waals surface area (Å²) < 4.78 is 0.855. The van der Waals surface area contributed by atoms with Crippen molar-refractivity contribution in [1.29, 1.82) is 0 Å². The Morgan fingerprint density at radius 3 is 2.73 bits per heavy atom. The first-order valence-corrected chi connectivity index (χ1v) is 6.49. The molecule has 0 aliphatic carbocycles. The Bertz CT molecular complexity index is 328. The fraction of sp³-hybridized carbons (Fsp3) is 0.500. The minimum absolute atomic E-state index is 0.534. The highest BCUT2D eigenvalue weighted by Gasteiger charge is 1.99. The van der Waals surface area contributed by atoms with Crippen molar-refractivity contribution in [3.63, 3.8) is 0 Å². The van der Waals surface area contributed by atoms with Gasteiger partial charge < -0.3 is 5.32 Å². The Morgan fingerprint density at radius 1 is 1.53 bits per heavy atom. The molecule has 1 N–H and O–H groups in total. The fourth-order valence-electron chi connectivity index (χ4n) is 1.22. The van der Waals surface area contributed by atoms with Gasteiger partial charge in [0.05, 0.1) is 4.34 Å². The predicted molar refractivity (Wildman–Crippen MR) is 70.7 cm³/mol. The molecular formula is C12H18ClNS. The van der Waals surface area contributed by atoms with Gasteiger partial charge in [0.15, 0.2) is 0 Å². The van der Waals surface area contributed by atoms with Crippen LogP contribution in [0.3, 0.4) is 0 Å². The monoisotopic (exact) mass is 243 g/mol. The SMILES string of the molecule is CCC(=Cc1ccc(Cl)s1)CNC(C)C. The van der Waals surface area contributed by atoms with Crippen molar-refractivity contribution in [3.05, 3.63) is 26.9 Å². The summed E-state index contributed by atoms with van der Waals surface area (Å²) in [6.07, 6.45) is 3.31. The lowest BCUT2D eigenvalue weighted by molar-refractivity contribution is 0.617. The molecule has 1 aromatic rings. The standard InChI is InChI=1S/C12H18ClNS/c1-4-10(8-14-9(2)3)7-11-5-6-12(13)15-11/h5-7,9,14H,4,8H2,1-3H3. The Morgan fingerprint density at radius 2 is 2.27 bits per heavy atom. The third-order valence-electron chi connectivity index (χ3n) is 2.13. The van der Waals surface area contributed by atoms with E-state index in [0.29, 0.717) is 6.04 Å². The fourth-order valence-corrected chi connectivity index (χ4v) is 2.27. The Labute approximate surface area is 101 Å². The molecule has 0 fully saturated rings. The molecule has 0 aromatic carbocycles. The van der Waals surface area contributed by atoms with Gasteiger partial charge in [0, 0.05) is 17.5 Å². The van der Waals surface area contributed by atoms with Crippen LogP contribution in [0.1, 0.15) is 32.1 Å². The molecule has 1 nitrogen and oxygen atoms in total. The van der Waals surface area contributed by atoms with Crippen molar-refractivity contribution in [3.8, 4) is 0 Å². The largest absolute Gasteiger partial charge is 0.311 e. The number of hydrogen-bond donors (Lipinski definition) is 1. The highest BCUT2D eigenvalue weighted by atomic mass is 35.5. The van der Waals surface area contributed by atoms with Crippen molar-refractivity contribution in [1.82, 2.24) is 5.32 Å². The molecule has 15 heavy (non-hydrogen) atoms. The maximum absolute atomic E-state index is 5.89. The number of thiophene rings is 1. The molecule has 0 spiro atoms. The second-order valence-electron chi connectivity index (χ2n) is 3.83. The van der Waals surface area contributed by atoms with Crippen LogP contribution >= 0.6 is 22.9 Å². The molecule has 0 aliphatic heterocycles. The van der Waals surface area contributed by atoms with Crippen LogP contribution in [0.2, 0.25) is 4.34 Å². The maximum atomic E-state index is 5.89. The third kappa shape index (κ3) is 4.83. The first-order chi connectivity index (χ1) is 7.11. The second-order valence-corrected chi connectivity index (χ2v) is 5.58. The van der Waals surface area contributed by atoms with Gasteiger partial charge in [-0.25, -0.2) is 0 Å². The Hall–Kier alpha value is -0.310. The zero-order valence-corrected chi connectivity index (χ0v) is 11.1. The van der Waals surface area contributed by atoms with Crippen LogP contribution in [0.5, 0.6) is 0 Å². The molecule has 0 saturated carbocycles. The van der Waals surface area contributed by atoms with Crippen molar-refractivity contribution in [2.45, 2.75) is 33.2 Å². The van der Waals surface area contributed by atoms with Gasteiger partial charge in [0.2, 0.25) is 0 Å². The van der Waals surface area contributed by atoms with E-state index in [1.807, 2.05) is 6.07 Å². The summed E-state index contributed by atoms with van der Waals surface area (Å²) in [7, 11) is 0. The summed E-state index contributed by atoms with van der Waals surface area (Å²) in [5.41, 5.74) is 1.42. The number of rotatable bonds is 5. The van der Waals surface area contributed by atoms with Crippen molar-refractivity contribution >= 4 is 29.0 Å². The van der Waals surface area contributed by atoms with Gasteiger partial charge in [-0.1, -0.05) is 37.9 Å².